The third kappa shape index (κ3) is 4.67. The number of anilines is 1. The second-order valence-electron chi connectivity index (χ2n) is 6.14. The number of thioether (sulfide) groups is 2. The molecule has 2 N–H and O–H groups in total. The predicted molar refractivity (Wildman–Crippen MR) is 114 cm³/mol. The number of carbonyl (C=O) groups excluding carboxylic acids is 1. The Morgan fingerprint density at radius 1 is 1.11 bits per heavy atom. The van der Waals surface area contributed by atoms with Crippen molar-refractivity contribution in [3.63, 3.8) is 0 Å². The van der Waals surface area contributed by atoms with Crippen LogP contribution < -0.4 is 10.6 Å². The number of hydrogen-bond donors (Lipinski definition) is 2. The van der Waals surface area contributed by atoms with E-state index in [2.05, 4.69) is 27.9 Å². The van der Waals surface area contributed by atoms with Crippen LogP contribution in [0, 0.1) is 0 Å². The number of benzene rings is 2. The van der Waals surface area contributed by atoms with Crippen molar-refractivity contribution in [3.8, 4) is 5.69 Å². The molecule has 27 heavy (non-hydrogen) atoms. The first-order chi connectivity index (χ1) is 13.3. The molecule has 1 fully saturated rings. The van der Waals surface area contributed by atoms with Crippen molar-refractivity contribution in [1.82, 2.24) is 15.1 Å². The largest absolute Gasteiger partial charge is 0.334 e. The molecule has 0 atom stereocenters. The molecule has 1 aliphatic rings. The lowest BCUT2D eigenvalue weighted by Gasteiger charge is -2.11. The smallest absolute Gasteiger partial charge is 0.319 e. The van der Waals surface area contributed by atoms with Gasteiger partial charge in [-0.2, -0.15) is 5.10 Å². The highest BCUT2D eigenvalue weighted by Crippen LogP contribution is 2.45. The van der Waals surface area contributed by atoms with Crippen molar-refractivity contribution in [1.29, 1.82) is 0 Å². The molecule has 2 aromatic carbocycles. The fourth-order valence-electron chi connectivity index (χ4n) is 2.84. The van der Waals surface area contributed by atoms with E-state index >= 15 is 0 Å². The number of urea groups is 1. The number of hydrogen-bond acceptors (Lipinski definition) is 4. The zero-order chi connectivity index (χ0) is 18.5. The summed E-state index contributed by atoms with van der Waals surface area (Å²) in [5.41, 5.74) is 4.01. The van der Waals surface area contributed by atoms with E-state index in [0.29, 0.717) is 11.1 Å². The second kappa shape index (κ2) is 8.54. The van der Waals surface area contributed by atoms with Crippen molar-refractivity contribution < 1.29 is 4.79 Å². The maximum Gasteiger partial charge on any atom is 0.319 e. The summed E-state index contributed by atoms with van der Waals surface area (Å²) >= 11 is 3.91. The van der Waals surface area contributed by atoms with Crippen molar-refractivity contribution in [3.05, 3.63) is 78.1 Å². The Morgan fingerprint density at radius 2 is 1.93 bits per heavy atom. The zero-order valence-electron chi connectivity index (χ0n) is 14.7. The normalized spacial score (nSPS) is 14.2. The van der Waals surface area contributed by atoms with E-state index in [9.17, 15) is 4.79 Å². The molecule has 1 aromatic heterocycles. The van der Waals surface area contributed by atoms with E-state index < -0.39 is 0 Å². The van der Waals surface area contributed by atoms with Gasteiger partial charge in [-0.1, -0.05) is 30.3 Å². The van der Waals surface area contributed by atoms with E-state index in [0.717, 1.165) is 16.9 Å². The summed E-state index contributed by atoms with van der Waals surface area (Å²) in [6, 6.07) is 17.8. The van der Waals surface area contributed by atoms with Gasteiger partial charge in [0.1, 0.15) is 0 Å². The molecule has 7 heteroatoms. The first kappa shape index (κ1) is 18.0. The van der Waals surface area contributed by atoms with E-state index in [1.165, 1.54) is 17.1 Å². The third-order valence-corrected chi connectivity index (χ3v) is 7.25. The lowest BCUT2D eigenvalue weighted by molar-refractivity contribution is 0.251. The summed E-state index contributed by atoms with van der Waals surface area (Å²) in [6.45, 7) is 0.423. The SMILES string of the molecule is O=C(NCc1cnn(-c2ccccc2)c1)Nc1cccc(C2SCCS2)c1. The molecule has 1 saturated heterocycles. The molecule has 0 bridgehead atoms. The summed E-state index contributed by atoms with van der Waals surface area (Å²) in [5, 5.41) is 10.2. The number of nitrogens with zero attached hydrogens (tertiary/aromatic N) is 2. The third-order valence-electron chi connectivity index (χ3n) is 4.15. The van der Waals surface area contributed by atoms with Crippen LogP contribution >= 0.6 is 23.5 Å². The molecular formula is C20H20N4OS2. The van der Waals surface area contributed by atoms with Crippen molar-refractivity contribution >= 4 is 35.2 Å². The Bertz CT molecular complexity index is 907. The molecule has 5 nitrogen and oxygen atoms in total. The average Bonchev–Trinajstić information content (AvgIpc) is 3.40. The lowest BCUT2D eigenvalue weighted by Crippen LogP contribution is -2.28. The molecule has 0 aliphatic carbocycles. The van der Waals surface area contributed by atoms with Gasteiger partial charge in [0.05, 0.1) is 16.5 Å². The van der Waals surface area contributed by atoms with Gasteiger partial charge in [-0.25, -0.2) is 9.48 Å². The fraction of sp³-hybridized carbons (Fsp3) is 0.200. The summed E-state index contributed by atoms with van der Waals surface area (Å²) < 4.78 is 2.27. The van der Waals surface area contributed by atoms with Crippen molar-refractivity contribution in [2.24, 2.45) is 0 Å². The van der Waals surface area contributed by atoms with Gasteiger partial charge in [0.2, 0.25) is 0 Å². The van der Waals surface area contributed by atoms with Crippen LogP contribution in [0.3, 0.4) is 0 Å². The van der Waals surface area contributed by atoms with Crippen LogP contribution in [0.1, 0.15) is 15.7 Å². The average molecular weight is 397 g/mol. The summed E-state index contributed by atoms with van der Waals surface area (Å²) in [4.78, 5) is 12.2. The zero-order valence-corrected chi connectivity index (χ0v) is 16.3. The van der Waals surface area contributed by atoms with Crippen LogP contribution in [0.2, 0.25) is 0 Å². The standard InChI is InChI=1S/C20H20N4OS2/c25-20(23-17-6-4-5-16(11-17)19-26-9-10-27-19)21-12-15-13-22-24(14-15)18-7-2-1-3-8-18/h1-8,11,13-14,19H,9-10,12H2,(H2,21,23,25). The Kier molecular flexibility index (Phi) is 5.69. The van der Waals surface area contributed by atoms with E-state index in [1.807, 2.05) is 72.2 Å². The number of para-hydroxylation sites is 1. The Labute approximate surface area is 166 Å². The molecular weight excluding hydrogens is 376 g/mol. The minimum atomic E-state index is -0.216. The van der Waals surface area contributed by atoms with Gasteiger partial charge in [0, 0.05) is 35.5 Å². The first-order valence-electron chi connectivity index (χ1n) is 8.75. The molecule has 4 rings (SSSR count). The van der Waals surface area contributed by atoms with Crippen LogP contribution in [-0.4, -0.2) is 27.3 Å². The van der Waals surface area contributed by atoms with Crippen LogP contribution in [0.25, 0.3) is 5.69 Å². The Hall–Kier alpha value is -2.38. The molecule has 1 aliphatic heterocycles. The number of nitrogens with one attached hydrogen (secondary N) is 2. The van der Waals surface area contributed by atoms with Crippen LogP contribution in [0.5, 0.6) is 0 Å². The van der Waals surface area contributed by atoms with Gasteiger partial charge in [0.25, 0.3) is 0 Å². The molecule has 0 unspecified atom stereocenters. The molecule has 0 saturated carbocycles. The minimum absolute atomic E-state index is 0.216. The van der Waals surface area contributed by atoms with Gasteiger partial charge in [-0.05, 0) is 29.8 Å². The number of rotatable bonds is 5. The number of carbonyl (C=O) groups is 1. The first-order valence-corrected chi connectivity index (χ1v) is 10.8. The Balaban J connectivity index is 1.32. The molecule has 0 radical (unpaired) electrons. The maximum absolute atomic E-state index is 12.2. The lowest BCUT2D eigenvalue weighted by atomic mass is 10.2. The summed E-state index contributed by atoms with van der Waals surface area (Å²) in [5.74, 6) is 2.37. The van der Waals surface area contributed by atoms with Gasteiger partial charge in [-0.15, -0.1) is 23.5 Å². The van der Waals surface area contributed by atoms with Crippen LogP contribution in [-0.2, 0) is 6.54 Å². The highest BCUT2D eigenvalue weighted by atomic mass is 32.2. The fourth-order valence-corrected chi connectivity index (χ4v) is 5.68. The topological polar surface area (TPSA) is 59.0 Å². The van der Waals surface area contributed by atoms with Gasteiger partial charge in [0.15, 0.2) is 0 Å². The van der Waals surface area contributed by atoms with Crippen LogP contribution in [0.15, 0.2) is 67.0 Å². The molecule has 2 amide bonds. The quantitative estimate of drug-likeness (QED) is 0.658. The highest BCUT2D eigenvalue weighted by molar-refractivity contribution is 8.19. The molecule has 0 spiro atoms. The number of amides is 2. The number of aromatic nitrogens is 2. The van der Waals surface area contributed by atoms with Crippen LogP contribution in [0.4, 0.5) is 10.5 Å². The predicted octanol–water partition coefficient (Wildman–Crippen LogP) is 4.67. The van der Waals surface area contributed by atoms with E-state index in [1.54, 1.807) is 10.9 Å². The highest BCUT2D eigenvalue weighted by Gasteiger charge is 2.18. The monoisotopic (exact) mass is 396 g/mol. The molecule has 2 heterocycles. The minimum Gasteiger partial charge on any atom is -0.334 e. The maximum atomic E-state index is 12.2. The van der Waals surface area contributed by atoms with Gasteiger partial charge in [-0.3, -0.25) is 0 Å². The van der Waals surface area contributed by atoms with E-state index in [4.69, 9.17) is 0 Å². The van der Waals surface area contributed by atoms with E-state index in [-0.39, 0.29) is 6.03 Å². The molecule has 138 valence electrons. The summed E-state index contributed by atoms with van der Waals surface area (Å²) in [7, 11) is 0. The molecule has 3 aromatic rings. The second-order valence-corrected chi connectivity index (χ2v) is 8.86. The van der Waals surface area contributed by atoms with Gasteiger partial charge >= 0.3 is 6.03 Å². The van der Waals surface area contributed by atoms with Gasteiger partial charge < -0.3 is 10.6 Å². The Morgan fingerprint density at radius 3 is 2.74 bits per heavy atom. The van der Waals surface area contributed by atoms with Crippen molar-refractivity contribution in [2.75, 3.05) is 16.8 Å². The van der Waals surface area contributed by atoms with Crippen molar-refractivity contribution in [2.45, 2.75) is 11.1 Å². The summed E-state index contributed by atoms with van der Waals surface area (Å²) in [6.07, 6.45) is 3.69.